The minimum absolute atomic E-state index is 0.0124. The third-order valence-corrected chi connectivity index (χ3v) is 5.29. The van der Waals surface area contributed by atoms with E-state index < -0.39 is 0 Å². The number of carbonyl (C=O) groups is 1. The lowest BCUT2D eigenvalue weighted by atomic mass is 10.1. The van der Waals surface area contributed by atoms with Gasteiger partial charge >= 0.3 is 0 Å². The van der Waals surface area contributed by atoms with E-state index in [1.165, 1.54) is 5.56 Å². The first kappa shape index (κ1) is 19.4. The molecule has 5 heteroatoms. The Labute approximate surface area is 171 Å². The van der Waals surface area contributed by atoms with Gasteiger partial charge in [0.15, 0.2) is 0 Å². The molecule has 0 aliphatic carbocycles. The van der Waals surface area contributed by atoms with E-state index in [2.05, 4.69) is 26.0 Å². The van der Waals surface area contributed by atoms with Crippen LogP contribution >= 0.6 is 0 Å². The van der Waals surface area contributed by atoms with Crippen LogP contribution in [-0.2, 0) is 4.74 Å². The Balaban J connectivity index is 1.81. The van der Waals surface area contributed by atoms with Crippen LogP contribution < -0.4 is 0 Å². The highest BCUT2D eigenvalue weighted by atomic mass is 16.5. The van der Waals surface area contributed by atoms with Crippen molar-refractivity contribution in [2.75, 3.05) is 13.1 Å². The van der Waals surface area contributed by atoms with Crippen LogP contribution in [-0.4, -0.2) is 45.9 Å². The molecule has 1 aliphatic heterocycles. The summed E-state index contributed by atoms with van der Waals surface area (Å²) in [6.45, 7) is 9.31. The molecular weight excluding hydrogens is 362 g/mol. The van der Waals surface area contributed by atoms with Crippen LogP contribution in [0.3, 0.4) is 0 Å². The summed E-state index contributed by atoms with van der Waals surface area (Å²) < 4.78 is 7.60. The maximum Gasteiger partial charge on any atom is 0.272 e. The molecule has 1 saturated heterocycles. The SMILES string of the molecule is Cc1ccc(-n2nc(-c3ccccc3)cc2C(=O)N2CC(C)OC(C)C2)c(C)c1. The summed E-state index contributed by atoms with van der Waals surface area (Å²) in [7, 11) is 0. The van der Waals surface area contributed by atoms with Crippen LogP contribution in [0.15, 0.2) is 54.6 Å². The van der Waals surface area contributed by atoms with Gasteiger partial charge in [-0.05, 0) is 45.4 Å². The second-order valence-electron chi connectivity index (χ2n) is 7.95. The van der Waals surface area contributed by atoms with Crippen molar-refractivity contribution in [1.29, 1.82) is 0 Å². The highest BCUT2D eigenvalue weighted by Crippen LogP contribution is 2.25. The summed E-state index contributed by atoms with van der Waals surface area (Å²) in [6, 6.07) is 18.1. The van der Waals surface area contributed by atoms with Crippen LogP contribution in [0.1, 0.15) is 35.5 Å². The van der Waals surface area contributed by atoms with Crippen LogP contribution in [0.4, 0.5) is 0 Å². The van der Waals surface area contributed by atoms with Gasteiger partial charge in [-0.2, -0.15) is 5.10 Å². The van der Waals surface area contributed by atoms with Crippen molar-refractivity contribution in [3.05, 3.63) is 71.4 Å². The molecule has 2 unspecified atom stereocenters. The fourth-order valence-corrected chi connectivity index (χ4v) is 4.02. The third kappa shape index (κ3) is 3.96. The van der Waals surface area contributed by atoms with Crippen molar-refractivity contribution in [3.63, 3.8) is 0 Å². The van der Waals surface area contributed by atoms with Gasteiger partial charge in [-0.15, -0.1) is 0 Å². The number of hydrogen-bond acceptors (Lipinski definition) is 3. The molecule has 1 fully saturated rings. The van der Waals surface area contributed by atoms with Gasteiger partial charge in [-0.25, -0.2) is 4.68 Å². The number of carbonyl (C=O) groups excluding carboxylic acids is 1. The second kappa shape index (κ2) is 7.84. The lowest BCUT2D eigenvalue weighted by Gasteiger charge is -2.35. The Morgan fingerprint density at radius 2 is 1.69 bits per heavy atom. The third-order valence-electron chi connectivity index (χ3n) is 5.29. The number of aromatic nitrogens is 2. The Kier molecular flexibility index (Phi) is 5.24. The molecule has 1 aromatic heterocycles. The van der Waals surface area contributed by atoms with E-state index in [-0.39, 0.29) is 18.1 Å². The highest BCUT2D eigenvalue weighted by Gasteiger charge is 2.29. The Bertz CT molecular complexity index is 1020. The molecule has 0 saturated carbocycles. The Morgan fingerprint density at radius 3 is 2.34 bits per heavy atom. The van der Waals surface area contributed by atoms with Gasteiger partial charge in [0.05, 0.1) is 23.6 Å². The molecule has 29 heavy (non-hydrogen) atoms. The fraction of sp³-hybridized carbons (Fsp3) is 0.333. The zero-order valence-corrected chi connectivity index (χ0v) is 17.4. The summed E-state index contributed by atoms with van der Waals surface area (Å²) in [5, 5.41) is 4.83. The topological polar surface area (TPSA) is 47.4 Å². The smallest absolute Gasteiger partial charge is 0.272 e. The molecule has 150 valence electrons. The molecule has 0 bridgehead atoms. The molecule has 2 heterocycles. The highest BCUT2D eigenvalue weighted by molar-refractivity contribution is 5.94. The van der Waals surface area contributed by atoms with Crippen molar-refractivity contribution < 1.29 is 9.53 Å². The average Bonchev–Trinajstić information content (AvgIpc) is 3.12. The Hall–Kier alpha value is -2.92. The van der Waals surface area contributed by atoms with Gasteiger partial charge in [-0.3, -0.25) is 4.79 Å². The number of hydrogen-bond donors (Lipinski definition) is 0. The van der Waals surface area contributed by atoms with E-state index in [4.69, 9.17) is 9.84 Å². The molecular formula is C24H27N3O2. The minimum Gasteiger partial charge on any atom is -0.372 e. The number of nitrogens with zero attached hydrogens (tertiary/aromatic N) is 3. The normalized spacial score (nSPS) is 19.4. The van der Waals surface area contributed by atoms with Gasteiger partial charge in [0.25, 0.3) is 5.91 Å². The fourth-order valence-electron chi connectivity index (χ4n) is 4.02. The molecule has 1 amide bonds. The molecule has 3 aromatic rings. The predicted octanol–water partition coefficient (Wildman–Crippen LogP) is 4.41. The average molecular weight is 389 g/mol. The number of morpholine rings is 1. The first-order chi connectivity index (χ1) is 13.9. The first-order valence-corrected chi connectivity index (χ1v) is 10.1. The standard InChI is InChI=1S/C24H27N3O2/c1-16-10-11-22(17(2)12-16)27-23(13-21(25-27)20-8-6-5-7-9-20)24(28)26-14-18(3)29-19(4)15-26/h5-13,18-19H,14-15H2,1-4H3. The molecule has 2 atom stereocenters. The van der Waals surface area contributed by atoms with Crippen molar-refractivity contribution in [2.24, 2.45) is 0 Å². The van der Waals surface area contributed by atoms with E-state index in [1.807, 2.05) is 61.2 Å². The summed E-state index contributed by atoms with van der Waals surface area (Å²) in [6.07, 6.45) is 0.0440. The van der Waals surface area contributed by atoms with Crippen LogP contribution in [0.5, 0.6) is 0 Å². The van der Waals surface area contributed by atoms with Crippen LogP contribution in [0, 0.1) is 13.8 Å². The molecule has 1 aliphatic rings. The lowest BCUT2D eigenvalue weighted by Crippen LogP contribution is -2.48. The monoisotopic (exact) mass is 389 g/mol. The minimum atomic E-state index is -0.0124. The molecule has 5 nitrogen and oxygen atoms in total. The number of ether oxygens (including phenoxy) is 1. The van der Waals surface area contributed by atoms with E-state index >= 15 is 0 Å². The number of rotatable bonds is 3. The zero-order valence-electron chi connectivity index (χ0n) is 17.4. The summed E-state index contributed by atoms with van der Waals surface area (Å²) >= 11 is 0. The Morgan fingerprint density at radius 1 is 1.00 bits per heavy atom. The molecule has 0 N–H and O–H groups in total. The van der Waals surface area contributed by atoms with Crippen LogP contribution in [0.25, 0.3) is 16.9 Å². The van der Waals surface area contributed by atoms with Gasteiger partial charge in [0, 0.05) is 18.7 Å². The van der Waals surface area contributed by atoms with E-state index in [9.17, 15) is 4.79 Å². The number of aryl methyl sites for hydroxylation is 2. The van der Waals surface area contributed by atoms with Crippen LogP contribution in [0.2, 0.25) is 0 Å². The number of benzene rings is 2. The van der Waals surface area contributed by atoms with Crippen molar-refractivity contribution in [3.8, 4) is 16.9 Å². The molecule has 0 radical (unpaired) electrons. The zero-order chi connectivity index (χ0) is 20.5. The predicted molar refractivity (Wildman–Crippen MR) is 114 cm³/mol. The quantitative estimate of drug-likeness (QED) is 0.667. The van der Waals surface area contributed by atoms with E-state index in [0.29, 0.717) is 18.8 Å². The van der Waals surface area contributed by atoms with Crippen molar-refractivity contribution in [1.82, 2.24) is 14.7 Å². The molecule has 4 rings (SSSR count). The lowest BCUT2D eigenvalue weighted by molar-refractivity contribution is -0.0588. The summed E-state index contributed by atoms with van der Waals surface area (Å²) in [4.78, 5) is 15.4. The first-order valence-electron chi connectivity index (χ1n) is 10.1. The molecule has 0 spiro atoms. The summed E-state index contributed by atoms with van der Waals surface area (Å²) in [5.74, 6) is -0.0124. The maximum absolute atomic E-state index is 13.5. The summed E-state index contributed by atoms with van der Waals surface area (Å²) in [5.41, 5.74) is 5.57. The maximum atomic E-state index is 13.5. The van der Waals surface area contributed by atoms with Crippen molar-refractivity contribution >= 4 is 5.91 Å². The largest absolute Gasteiger partial charge is 0.372 e. The van der Waals surface area contributed by atoms with Gasteiger partial charge in [-0.1, -0.05) is 48.0 Å². The van der Waals surface area contributed by atoms with Crippen molar-refractivity contribution in [2.45, 2.75) is 39.9 Å². The van der Waals surface area contributed by atoms with E-state index in [1.54, 1.807) is 4.68 Å². The van der Waals surface area contributed by atoms with Gasteiger partial charge in [0.2, 0.25) is 0 Å². The van der Waals surface area contributed by atoms with Gasteiger partial charge in [0.1, 0.15) is 5.69 Å². The van der Waals surface area contributed by atoms with Gasteiger partial charge < -0.3 is 9.64 Å². The number of amides is 1. The second-order valence-corrected chi connectivity index (χ2v) is 7.95. The molecule has 2 aromatic carbocycles. The van der Waals surface area contributed by atoms with E-state index in [0.717, 1.165) is 22.5 Å².